The van der Waals surface area contributed by atoms with Crippen LogP contribution in [0.15, 0.2) is 18.2 Å². The summed E-state index contributed by atoms with van der Waals surface area (Å²) < 4.78 is 13.6. The molecule has 1 rings (SSSR count). The normalized spacial score (nSPS) is 12.9. The number of nitrogens with one attached hydrogen (secondary N) is 1. The van der Waals surface area contributed by atoms with E-state index in [2.05, 4.69) is 5.32 Å². The van der Waals surface area contributed by atoms with Crippen LogP contribution in [0.4, 0.5) is 4.39 Å². The first-order chi connectivity index (χ1) is 8.64. The summed E-state index contributed by atoms with van der Waals surface area (Å²) in [5, 5.41) is 11.3. The lowest BCUT2D eigenvalue weighted by Gasteiger charge is -2.27. The third kappa shape index (κ3) is 3.67. The van der Waals surface area contributed by atoms with Crippen LogP contribution in [0.2, 0.25) is 5.02 Å². The van der Waals surface area contributed by atoms with E-state index in [1.54, 1.807) is 20.8 Å². The van der Waals surface area contributed by atoms with Gasteiger partial charge >= 0.3 is 5.97 Å². The van der Waals surface area contributed by atoms with Gasteiger partial charge in [-0.3, -0.25) is 4.79 Å². The summed E-state index contributed by atoms with van der Waals surface area (Å²) in [6.45, 7) is 4.99. The van der Waals surface area contributed by atoms with Crippen LogP contribution in [0.5, 0.6) is 0 Å². The molecule has 0 heterocycles. The summed E-state index contributed by atoms with van der Waals surface area (Å²) in [7, 11) is 0. The molecular formula is C13H15ClFNO3. The molecule has 0 fully saturated rings. The molecule has 6 heteroatoms. The summed E-state index contributed by atoms with van der Waals surface area (Å²) in [6, 6.07) is 2.68. The zero-order valence-electron chi connectivity index (χ0n) is 10.8. The molecule has 0 aliphatic rings. The molecule has 1 amide bonds. The lowest BCUT2D eigenvalue weighted by molar-refractivity contribution is -0.142. The SMILES string of the molecule is CC(C)(C)C(NC(=O)c1c(F)cccc1Cl)C(=O)O. The quantitative estimate of drug-likeness (QED) is 0.898. The minimum Gasteiger partial charge on any atom is -0.480 e. The number of hydrogen-bond donors (Lipinski definition) is 2. The monoisotopic (exact) mass is 287 g/mol. The van der Waals surface area contributed by atoms with Gasteiger partial charge in [-0.25, -0.2) is 9.18 Å². The average molecular weight is 288 g/mol. The van der Waals surface area contributed by atoms with E-state index in [1.165, 1.54) is 12.1 Å². The Morgan fingerprint density at radius 3 is 2.37 bits per heavy atom. The van der Waals surface area contributed by atoms with Crippen LogP contribution < -0.4 is 5.32 Å². The van der Waals surface area contributed by atoms with Gasteiger partial charge in [0.15, 0.2) is 0 Å². The molecule has 0 saturated heterocycles. The highest BCUT2D eigenvalue weighted by atomic mass is 35.5. The molecule has 104 valence electrons. The van der Waals surface area contributed by atoms with Crippen molar-refractivity contribution in [1.82, 2.24) is 5.32 Å². The minimum absolute atomic E-state index is 0.0597. The van der Waals surface area contributed by atoms with Crippen molar-refractivity contribution >= 4 is 23.5 Å². The fraction of sp³-hybridized carbons (Fsp3) is 0.385. The van der Waals surface area contributed by atoms with Crippen molar-refractivity contribution in [2.45, 2.75) is 26.8 Å². The van der Waals surface area contributed by atoms with Crippen LogP contribution in [0.25, 0.3) is 0 Å². The van der Waals surface area contributed by atoms with Gasteiger partial charge < -0.3 is 10.4 Å². The number of carbonyl (C=O) groups is 2. The maximum Gasteiger partial charge on any atom is 0.326 e. The largest absolute Gasteiger partial charge is 0.480 e. The number of halogens is 2. The maximum atomic E-state index is 13.6. The van der Waals surface area contributed by atoms with Gasteiger partial charge in [0.1, 0.15) is 11.9 Å². The van der Waals surface area contributed by atoms with Crippen molar-refractivity contribution in [2.24, 2.45) is 5.41 Å². The highest BCUT2D eigenvalue weighted by Gasteiger charge is 2.33. The van der Waals surface area contributed by atoms with Crippen molar-refractivity contribution in [3.63, 3.8) is 0 Å². The van der Waals surface area contributed by atoms with Crippen LogP contribution in [0.3, 0.4) is 0 Å². The zero-order chi connectivity index (χ0) is 14.8. The first kappa shape index (κ1) is 15.4. The fourth-order valence-electron chi connectivity index (χ4n) is 1.57. The second-order valence-corrected chi connectivity index (χ2v) is 5.61. The van der Waals surface area contributed by atoms with Gasteiger partial charge in [0.2, 0.25) is 0 Å². The van der Waals surface area contributed by atoms with Crippen LogP contribution in [0, 0.1) is 11.2 Å². The van der Waals surface area contributed by atoms with Gasteiger partial charge in [0.25, 0.3) is 5.91 Å². The third-order valence-corrected chi connectivity index (χ3v) is 2.89. The summed E-state index contributed by atoms with van der Waals surface area (Å²) >= 11 is 5.75. The zero-order valence-corrected chi connectivity index (χ0v) is 11.6. The van der Waals surface area contributed by atoms with Crippen LogP contribution in [0.1, 0.15) is 31.1 Å². The van der Waals surface area contributed by atoms with Gasteiger partial charge in [-0.1, -0.05) is 38.4 Å². The van der Waals surface area contributed by atoms with Crippen molar-refractivity contribution < 1.29 is 19.1 Å². The molecule has 1 unspecified atom stereocenters. The Kier molecular flexibility index (Phi) is 4.52. The van der Waals surface area contributed by atoms with Crippen LogP contribution >= 0.6 is 11.6 Å². The number of carbonyl (C=O) groups excluding carboxylic acids is 1. The predicted molar refractivity (Wildman–Crippen MR) is 69.8 cm³/mol. The van der Waals surface area contributed by atoms with Crippen molar-refractivity contribution in [3.05, 3.63) is 34.6 Å². The Balaban J connectivity index is 3.05. The smallest absolute Gasteiger partial charge is 0.326 e. The Morgan fingerprint density at radius 2 is 1.95 bits per heavy atom. The predicted octanol–water partition coefficient (Wildman–Crippen LogP) is 2.71. The molecule has 1 aromatic rings. The number of carboxylic acids is 1. The molecule has 0 spiro atoms. The third-order valence-electron chi connectivity index (χ3n) is 2.58. The van der Waals surface area contributed by atoms with Gasteiger partial charge in [-0.05, 0) is 17.5 Å². The highest BCUT2D eigenvalue weighted by Crippen LogP contribution is 2.22. The fourth-order valence-corrected chi connectivity index (χ4v) is 1.82. The Hall–Kier alpha value is -1.62. The molecule has 1 aromatic carbocycles. The van der Waals surface area contributed by atoms with Crippen molar-refractivity contribution in [3.8, 4) is 0 Å². The number of aliphatic carboxylic acids is 1. The first-order valence-electron chi connectivity index (χ1n) is 5.62. The van der Waals surface area contributed by atoms with Gasteiger partial charge in [-0.15, -0.1) is 0 Å². The Morgan fingerprint density at radius 1 is 1.37 bits per heavy atom. The lowest BCUT2D eigenvalue weighted by Crippen LogP contribution is -2.49. The Bertz CT molecular complexity index is 491. The Labute approximate surface area is 115 Å². The summed E-state index contributed by atoms with van der Waals surface area (Å²) in [4.78, 5) is 23.1. The number of carboxylic acid groups (broad SMARTS) is 1. The number of amides is 1. The van der Waals surface area contributed by atoms with E-state index in [-0.39, 0.29) is 10.6 Å². The minimum atomic E-state index is -1.19. The number of hydrogen-bond acceptors (Lipinski definition) is 2. The standard InChI is InChI=1S/C13H15ClFNO3/c1-13(2,3)10(12(18)19)16-11(17)9-7(14)5-4-6-8(9)15/h4-6,10H,1-3H3,(H,16,17)(H,18,19). The molecule has 19 heavy (non-hydrogen) atoms. The van der Waals surface area contributed by atoms with E-state index in [9.17, 15) is 14.0 Å². The molecule has 0 saturated carbocycles. The molecule has 2 N–H and O–H groups in total. The second-order valence-electron chi connectivity index (χ2n) is 5.21. The van der Waals surface area contributed by atoms with E-state index in [4.69, 9.17) is 16.7 Å². The molecule has 0 radical (unpaired) electrons. The van der Waals surface area contributed by atoms with Gasteiger partial charge in [-0.2, -0.15) is 0 Å². The molecule has 4 nitrogen and oxygen atoms in total. The molecule has 1 atom stereocenters. The van der Waals surface area contributed by atoms with Gasteiger partial charge in [0, 0.05) is 0 Å². The molecular weight excluding hydrogens is 273 g/mol. The molecule has 0 bridgehead atoms. The summed E-state index contributed by atoms with van der Waals surface area (Å²) in [5.74, 6) is -2.82. The molecule has 0 aromatic heterocycles. The topological polar surface area (TPSA) is 66.4 Å². The van der Waals surface area contributed by atoms with Crippen molar-refractivity contribution in [1.29, 1.82) is 0 Å². The molecule has 0 aliphatic carbocycles. The van der Waals surface area contributed by atoms with Crippen LogP contribution in [-0.2, 0) is 4.79 Å². The van der Waals surface area contributed by atoms with E-state index in [0.29, 0.717) is 0 Å². The molecule has 0 aliphatic heterocycles. The maximum absolute atomic E-state index is 13.6. The number of benzene rings is 1. The van der Waals surface area contributed by atoms with Gasteiger partial charge in [0.05, 0.1) is 10.6 Å². The van der Waals surface area contributed by atoms with Crippen molar-refractivity contribution in [2.75, 3.05) is 0 Å². The average Bonchev–Trinajstić information content (AvgIpc) is 2.23. The number of rotatable bonds is 3. The lowest BCUT2D eigenvalue weighted by atomic mass is 9.86. The van der Waals surface area contributed by atoms with E-state index < -0.39 is 29.2 Å². The second kappa shape index (κ2) is 5.57. The van der Waals surface area contributed by atoms with E-state index >= 15 is 0 Å². The summed E-state index contributed by atoms with van der Waals surface area (Å²) in [5.41, 5.74) is -1.06. The van der Waals surface area contributed by atoms with Crippen LogP contribution in [-0.4, -0.2) is 23.0 Å². The highest BCUT2D eigenvalue weighted by molar-refractivity contribution is 6.33. The van der Waals surface area contributed by atoms with E-state index in [1.807, 2.05) is 0 Å². The first-order valence-corrected chi connectivity index (χ1v) is 6.00. The van der Waals surface area contributed by atoms with E-state index in [0.717, 1.165) is 6.07 Å². The summed E-state index contributed by atoms with van der Waals surface area (Å²) in [6.07, 6.45) is 0.